The fraction of sp³-hybridized carbons (Fsp3) is 0.0370. The molecular formula is C27H19ClN4. The van der Waals surface area contributed by atoms with Crippen LogP contribution < -0.4 is 0 Å². The van der Waals surface area contributed by atoms with Crippen molar-refractivity contribution in [2.24, 2.45) is 0 Å². The Balaban J connectivity index is 1.50. The zero-order chi connectivity index (χ0) is 21.8. The third-order valence-corrected chi connectivity index (χ3v) is 5.57. The van der Waals surface area contributed by atoms with Crippen LogP contribution in [0.2, 0.25) is 5.02 Å². The molecule has 2 heterocycles. The highest BCUT2D eigenvalue weighted by molar-refractivity contribution is 6.31. The molecule has 2 aromatic heterocycles. The van der Waals surface area contributed by atoms with E-state index >= 15 is 0 Å². The molecule has 0 aliphatic heterocycles. The summed E-state index contributed by atoms with van der Waals surface area (Å²) in [4.78, 5) is 16.5. The molecule has 0 spiro atoms. The molecule has 5 heteroatoms. The summed E-state index contributed by atoms with van der Waals surface area (Å²) in [5.41, 5.74) is 8.60. The predicted molar refractivity (Wildman–Crippen MR) is 130 cm³/mol. The van der Waals surface area contributed by atoms with E-state index in [2.05, 4.69) is 74.6 Å². The number of nitrogens with zero attached hydrogens (tertiary/aromatic N) is 4. The molecule has 0 radical (unpaired) electrons. The second-order valence-corrected chi connectivity index (χ2v) is 7.92. The minimum atomic E-state index is 0.709. The summed E-state index contributed by atoms with van der Waals surface area (Å²) in [6.45, 7) is 0. The first-order chi connectivity index (χ1) is 15.8. The highest BCUT2D eigenvalue weighted by Crippen LogP contribution is 2.33. The van der Waals surface area contributed by atoms with Crippen LogP contribution in [-0.2, 0) is 0 Å². The van der Waals surface area contributed by atoms with Gasteiger partial charge in [-0.3, -0.25) is 0 Å². The van der Waals surface area contributed by atoms with Gasteiger partial charge in [0.25, 0.3) is 0 Å². The van der Waals surface area contributed by atoms with Crippen molar-refractivity contribution in [3.8, 4) is 22.3 Å². The van der Waals surface area contributed by atoms with Crippen molar-refractivity contribution >= 4 is 22.7 Å². The summed E-state index contributed by atoms with van der Waals surface area (Å²) >= 11 is 6.54. The Hall–Kier alpha value is -3.89. The van der Waals surface area contributed by atoms with E-state index in [1.807, 2.05) is 36.9 Å². The summed E-state index contributed by atoms with van der Waals surface area (Å²) in [5.74, 6) is 0. The van der Waals surface area contributed by atoms with Gasteiger partial charge in [0.05, 0.1) is 0 Å². The van der Waals surface area contributed by atoms with Gasteiger partial charge in [-0.05, 0) is 58.0 Å². The minimum Gasteiger partial charge on any atom is -0.244 e. The first-order valence-electron chi connectivity index (χ1n) is 10.3. The number of halogens is 1. The van der Waals surface area contributed by atoms with Crippen LogP contribution in [0, 0.1) is 0 Å². The van der Waals surface area contributed by atoms with Crippen LogP contribution in [0.5, 0.6) is 0 Å². The van der Waals surface area contributed by atoms with Crippen LogP contribution in [0.15, 0.2) is 104 Å². The number of rotatable bonds is 4. The molecule has 0 fully saturated rings. The van der Waals surface area contributed by atoms with Gasteiger partial charge >= 0.3 is 0 Å². The van der Waals surface area contributed by atoms with Crippen LogP contribution in [0.25, 0.3) is 33.4 Å². The van der Waals surface area contributed by atoms with Crippen molar-refractivity contribution in [1.29, 1.82) is 0 Å². The Kier molecular flexibility index (Phi) is 5.69. The van der Waals surface area contributed by atoms with Gasteiger partial charge in [-0.2, -0.15) is 0 Å². The van der Waals surface area contributed by atoms with Crippen LogP contribution in [0.3, 0.4) is 0 Å². The van der Waals surface area contributed by atoms with E-state index in [0.717, 1.165) is 45.4 Å². The van der Waals surface area contributed by atoms with E-state index in [1.54, 1.807) is 6.33 Å². The molecule has 4 nitrogen and oxygen atoms in total. The monoisotopic (exact) mass is 434 g/mol. The van der Waals surface area contributed by atoms with Gasteiger partial charge < -0.3 is 0 Å². The molecule has 4 aromatic rings. The molecule has 0 atom stereocenters. The molecule has 32 heavy (non-hydrogen) atoms. The maximum atomic E-state index is 6.54. The fourth-order valence-corrected chi connectivity index (χ4v) is 3.97. The van der Waals surface area contributed by atoms with Crippen LogP contribution in [-0.4, -0.2) is 19.9 Å². The number of allylic oxidation sites excluding steroid dienone is 6. The molecular weight excluding hydrogens is 416 g/mol. The van der Waals surface area contributed by atoms with Crippen molar-refractivity contribution in [3.05, 3.63) is 120 Å². The Morgan fingerprint density at radius 3 is 1.91 bits per heavy atom. The van der Waals surface area contributed by atoms with Gasteiger partial charge in [-0.25, -0.2) is 19.9 Å². The average molecular weight is 435 g/mol. The lowest BCUT2D eigenvalue weighted by Gasteiger charge is -2.11. The maximum Gasteiger partial charge on any atom is 0.115 e. The van der Waals surface area contributed by atoms with Crippen molar-refractivity contribution in [2.75, 3.05) is 0 Å². The molecule has 0 N–H and O–H groups in total. The van der Waals surface area contributed by atoms with E-state index in [4.69, 9.17) is 11.6 Å². The van der Waals surface area contributed by atoms with E-state index in [-0.39, 0.29) is 0 Å². The molecule has 1 aliphatic rings. The van der Waals surface area contributed by atoms with Crippen LogP contribution in [0.4, 0.5) is 0 Å². The average Bonchev–Trinajstić information content (AvgIpc) is 3.12. The predicted octanol–water partition coefficient (Wildman–Crippen LogP) is 6.68. The fourth-order valence-electron chi connectivity index (χ4n) is 3.74. The van der Waals surface area contributed by atoms with Gasteiger partial charge in [0.15, 0.2) is 0 Å². The Labute approximate surface area is 191 Å². The van der Waals surface area contributed by atoms with Crippen LogP contribution >= 0.6 is 11.6 Å². The van der Waals surface area contributed by atoms with Gasteiger partial charge in [0.2, 0.25) is 0 Å². The number of hydrogen-bond acceptors (Lipinski definition) is 4. The summed E-state index contributed by atoms with van der Waals surface area (Å²) in [7, 11) is 0. The van der Waals surface area contributed by atoms with Crippen molar-refractivity contribution in [1.82, 2.24) is 19.9 Å². The lowest BCUT2D eigenvalue weighted by molar-refractivity contribution is 1.15. The van der Waals surface area contributed by atoms with E-state index in [0.29, 0.717) is 5.02 Å². The second-order valence-electron chi connectivity index (χ2n) is 7.48. The summed E-state index contributed by atoms with van der Waals surface area (Å²) in [6, 6.07) is 14.6. The molecule has 0 amide bonds. The smallest absolute Gasteiger partial charge is 0.115 e. The number of aromatic nitrogens is 4. The van der Waals surface area contributed by atoms with Gasteiger partial charge in [-0.1, -0.05) is 60.2 Å². The summed E-state index contributed by atoms with van der Waals surface area (Å²) < 4.78 is 0. The summed E-state index contributed by atoms with van der Waals surface area (Å²) in [6.07, 6.45) is 19.7. The molecule has 1 aliphatic carbocycles. The minimum absolute atomic E-state index is 0.709. The largest absolute Gasteiger partial charge is 0.244 e. The highest BCUT2D eigenvalue weighted by Gasteiger charge is 2.10. The zero-order valence-corrected chi connectivity index (χ0v) is 17.9. The molecule has 154 valence electrons. The van der Waals surface area contributed by atoms with Gasteiger partial charge in [0, 0.05) is 40.9 Å². The molecule has 0 saturated heterocycles. The van der Waals surface area contributed by atoms with E-state index < -0.39 is 0 Å². The van der Waals surface area contributed by atoms with Crippen molar-refractivity contribution in [3.63, 3.8) is 0 Å². The zero-order valence-electron chi connectivity index (χ0n) is 17.2. The highest BCUT2D eigenvalue weighted by atomic mass is 35.5. The number of hydrogen-bond donors (Lipinski definition) is 0. The second kappa shape index (κ2) is 9.08. The Morgan fingerprint density at radius 2 is 1.22 bits per heavy atom. The first kappa shape index (κ1) is 20.0. The van der Waals surface area contributed by atoms with Crippen molar-refractivity contribution < 1.29 is 0 Å². The quantitative estimate of drug-likeness (QED) is 0.359. The van der Waals surface area contributed by atoms with Gasteiger partial charge in [-0.15, -0.1) is 0 Å². The lowest BCUT2D eigenvalue weighted by Crippen LogP contribution is -1.89. The third kappa shape index (κ3) is 4.41. The van der Waals surface area contributed by atoms with Crippen molar-refractivity contribution in [2.45, 2.75) is 6.42 Å². The Morgan fingerprint density at radius 1 is 0.625 bits per heavy atom. The molecule has 0 unspecified atom stereocenters. The first-order valence-corrected chi connectivity index (χ1v) is 10.6. The molecule has 5 rings (SSSR count). The molecule has 0 bridgehead atoms. The standard InChI is InChI=1S/C27H19ClN4/c28-27-11-23(19-5-7-20(8-6-19)25-13-29-17-30-14-25)10-24(12-27)21-3-1-2-4-22(9-21)26-15-31-18-32-16-26/h1-2,4-18H,3H2. The number of benzene rings is 2. The van der Waals surface area contributed by atoms with E-state index in [9.17, 15) is 0 Å². The molecule has 0 saturated carbocycles. The normalized spacial score (nSPS) is 13.3. The topological polar surface area (TPSA) is 51.6 Å². The third-order valence-electron chi connectivity index (χ3n) is 5.35. The SMILES string of the molecule is Clc1cc(C2=CC(c3cncnc3)=CC=CC2)cc(-c2ccc(-c3cncnc3)cc2)c1. The van der Waals surface area contributed by atoms with Crippen LogP contribution in [0.1, 0.15) is 17.5 Å². The summed E-state index contributed by atoms with van der Waals surface area (Å²) in [5, 5.41) is 0.709. The van der Waals surface area contributed by atoms with Gasteiger partial charge in [0.1, 0.15) is 12.7 Å². The van der Waals surface area contributed by atoms with E-state index in [1.165, 1.54) is 11.9 Å². The lowest BCUT2D eigenvalue weighted by atomic mass is 9.95. The molecule has 2 aromatic carbocycles. The Bertz CT molecular complexity index is 1330. The maximum absolute atomic E-state index is 6.54.